The third-order valence-corrected chi connectivity index (χ3v) is 4.20. The molecule has 1 aliphatic rings. The zero-order valence-corrected chi connectivity index (χ0v) is 14.5. The molecule has 0 amide bonds. The monoisotopic (exact) mass is 342 g/mol. The molecular weight excluding hydrogens is 316 g/mol. The maximum absolute atomic E-state index is 12.2. The molecule has 1 saturated heterocycles. The zero-order valence-electron chi connectivity index (χ0n) is 14.5. The van der Waals surface area contributed by atoms with Gasteiger partial charge in [-0.25, -0.2) is 4.79 Å². The molecule has 0 saturated carbocycles. The number of ether oxygens (including phenoxy) is 3. The number of hydrogen-bond acceptors (Lipinski definition) is 6. The quantitative estimate of drug-likeness (QED) is 0.733. The lowest BCUT2D eigenvalue weighted by atomic mass is 10.1. The number of hydrogen-bond donors (Lipinski definition) is 2. The lowest BCUT2D eigenvalue weighted by molar-refractivity contribution is -0.111. The largest absolute Gasteiger partial charge is 0.388 e. The number of methoxy groups -OCH3 is 1. The van der Waals surface area contributed by atoms with Gasteiger partial charge in [-0.3, -0.25) is 14.3 Å². The highest BCUT2D eigenvalue weighted by molar-refractivity contribution is 5.05. The smallest absolute Gasteiger partial charge is 0.330 e. The summed E-state index contributed by atoms with van der Waals surface area (Å²) in [4.78, 5) is 26.3. The summed E-state index contributed by atoms with van der Waals surface area (Å²) in [5.41, 5.74) is -0.523. The Hall–Kier alpha value is -1.48. The van der Waals surface area contributed by atoms with Gasteiger partial charge in [0, 0.05) is 18.9 Å². The van der Waals surface area contributed by atoms with E-state index in [0.717, 1.165) is 0 Å². The lowest BCUT2D eigenvalue weighted by Crippen LogP contribution is -2.41. The molecule has 136 valence electrons. The number of H-pyrrole nitrogens is 1. The minimum absolute atomic E-state index is 0.277. The Bertz CT molecular complexity index is 655. The summed E-state index contributed by atoms with van der Waals surface area (Å²) in [7, 11) is 1.56. The van der Waals surface area contributed by atoms with E-state index in [9.17, 15) is 14.7 Å². The van der Waals surface area contributed by atoms with Crippen LogP contribution < -0.4 is 11.2 Å². The molecule has 0 aromatic carbocycles. The topological polar surface area (TPSA) is 103 Å². The summed E-state index contributed by atoms with van der Waals surface area (Å²) >= 11 is 0. The van der Waals surface area contributed by atoms with Crippen molar-refractivity contribution in [3.05, 3.63) is 32.6 Å². The molecule has 0 aliphatic carbocycles. The summed E-state index contributed by atoms with van der Waals surface area (Å²) in [5.74, 6) is 0. The average Bonchev–Trinajstić information content (AvgIpc) is 2.84. The first-order valence-corrected chi connectivity index (χ1v) is 8.25. The van der Waals surface area contributed by atoms with Crippen LogP contribution in [0.1, 0.15) is 39.0 Å². The van der Waals surface area contributed by atoms with Crippen LogP contribution in [-0.4, -0.2) is 52.8 Å². The van der Waals surface area contributed by atoms with Crippen molar-refractivity contribution in [3.8, 4) is 0 Å². The molecule has 8 nitrogen and oxygen atoms in total. The minimum atomic E-state index is -0.872. The molecule has 5 unspecified atom stereocenters. The summed E-state index contributed by atoms with van der Waals surface area (Å²) in [6.45, 7) is 5.89. The van der Waals surface area contributed by atoms with Crippen molar-refractivity contribution < 1.29 is 19.3 Å². The predicted octanol–water partition coefficient (Wildman–Crippen LogP) is 0.187. The van der Waals surface area contributed by atoms with Crippen LogP contribution in [-0.2, 0) is 20.6 Å². The summed E-state index contributed by atoms with van der Waals surface area (Å²) in [6.07, 6.45) is -0.592. The number of nitrogens with zero attached hydrogens (tertiary/aromatic N) is 1. The molecule has 2 heterocycles. The van der Waals surface area contributed by atoms with Crippen LogP contribution in [0.25, 0.3) is 0 Å². The van der Waals surface area contributed by atoms with Crippen LogP contribution in [0.2, 0.25) is 0 Å². The van der Waals surface area contributed by atoms with Crippen LogP contribution in [0.5, 0.6) is 0 Å². The van der Waals surface area contributed by atoms with Gasteiger partial charge in [-0.15, -0.1) is 0 Å². The number of aliphatic hydroxyl groups is 1. The molecule has 24 heavy (non-hydrogen) atoms. The van der Waals surface area contributed by atoms with Crippen LogP contribution >= 0.6 is 0 Å². The predicted molar refractivity (Wildman–Crippen MR) is 87.1 cm³/mol. The average molecular weight is 342 g/mol. The Morgan fingerprint density at radius 1 is 1.42 bits per heavy atom. The minimum Gasteiger partial charge on any atom is -0.388 e. The van der Waals surface area contributed by atoms with Gasteiger partial charge >= 0.3 is 5.69 Å². The van der Waals surface area contributed by atoms with Gasteiger partial charge in [0.15, 0.2) is 6.23 Å². The van der Waals surface area contributed by atoms with E-state index in [1.54, 1.807) is 7.11 Å². The first-order valence-electron chi connectivity index (χ1n) is 8.25. The van der Waals surface area contributed by atoms with Crippen LogP contribution in [0.4, 0.5) is 0 Å². The Balaban J connectivity index is 2.38. The molecule has 1 aromatic heterocycles. The van der Waals surface area contributed by atoms with Gasteiger partial charge in [0.25, 0.3) is 5.56 Å². The number of aromatic nitrogens is 2. The van der Waals surface area contributed by atoms with E-state index in [2.05, 4.69) is 4.98 Å². The highest BCUT2D eigenvalue weighted by Crippen LogP contribution is 2.33. The molecule has 5 atom stereocenters. The standard InChI is InChI=1S/C16H26N2O6/c1-5-10-7-18(16(21)17-14(10)20)15-13(23-9(3)8-22-4)12(19)11(6-2)24-15/h7,9,11-13,15,19H,5-6,8H2,1-4H3,(H,17,20,21). The molecule has 0 bridgehead atoms. The Morgan fingerprint density at radius 2 is 2.12 bits per heavy atom. The third kappa shape index (κ3) is 3.77. The van der Waals surface area contributed by atoms with E-state index in [4.69, 9.17) is 14.2 Å². The van der Waals surface area contributed by atoms with E-state index in [1.165, 1.54) is 10.8 Å². The van der Waals surface area contributed by atoms with Gasteiger partial charge < -0.3 is 19.3 Å². The van der Waals surface area contributed by atoms with Crippen molar-refractivity contribution >= 4 is 0 Å². The van der Waals surface area contributed by atoms with E-state index >= 15 is 0 Å². The molecular formula is C16H26N2O6. The maximum Gasteiger partial charge on any atom is 0.330 e. The fourth-order valence-electron chi connectivity index (χ4n) is 2.94. The van der Waals surface area contributed by atoms with Crippen molar-refractivity contribution in [2.24, 2.45) is 0 Å². The van der Waals surface area contributed by atoms with Crippen molar-refractivity contribution in [2.45, 2.75) is 64.3 Å². The summed E-state index contributed by atoms with van der Waals surface area (Å²) in [6, 6.07) is 0. The van der Waals surface area contributed by atoms with Gasteiger partial charge in [0.2, 0.25) is 0 Å². The van der Waals surface area contributed by atoms with E-state index in [0.29, 0.717) is 25.0 Å². The Kier molecular flexibility index (Phi) is 6.34. The third-order valence-electron chi connectivity index (χ3n) is 4.20. The van der Waals surface area contributed by atoms with Crippen molar-refractivity contribution in [2.75, 3.05) is 13.7 Å². The second-order valence-corrected chi connectivity index (χ2v) is 6.01. The molecule has 2 N–H and O–H groups in total. The van der Waals surface area contributed by atoms with Gasteiger partial charge in [-0.2, -0.15) is 0 Å². The fraction of sp³-hybridized carbons (Fsp3) is 0.750. The zero-order chi connectivity index (χ0) is 17.9. The molecule has 1 fully saturated rings. The molecule has 0 radical (unpaired) electrons. The van der Waals surface area contributed by atoms with E-state index in [1.807, 2.05) is 20.8 Å². The Labute approximate surface area is 140 Å². The van der Waals surface area contributed by atoms with Crippen LogP contribution in [0.15, 0.2) is 15.8 Å². The molecule has 1 aromatic rings. The van der Waals surface area contributed by atoms with Crippen molar-refractivity contribution in [1.82, 2.24) is 9.55 Å². The molecule has 2 rings (SSSR count). The second kappa shape index (κ2) is 8.06. The number of aliphatic hydroxyl groups excluding tert-OH is 1. The normalized spacial score (nSPS) is 28.2. The van der Waals surface area contributed by atoms with Crippen LogP contribution in [0, 0.1) is 0 Å². The summed E-state index contributed by atoms with van der Waals surface area (Å²) in [5, 5.41) is 10.5. The van der Waals surface area contributed by atoms with Gasteiger partial charge in [0.1, 0.15) is 12.2 Å². The van der Waals surface area contributed by atoms with Crippen LogP contribution in [0.3, 0.4) is 0 Å². The highest BCUT2D eigenvalue weighted by atomic mass is 16.6. The molecule has 1 aliphatic heterocycles. The van der Waals surface area contributed by atoms with E-state index in [-0.39, 0.29) is 6.10 Å². The lowest BCUT2D eigenvalue weighted by Gasteiger charge is -2.25. The van der Waals surface area contributed by atoms with Gasteiger partial charge in [0.05, 0.1) is 18.8 Å². The number of aromatic amines is 1. The molecule has 0 spiro atoms. The van der Waals surface area contributed by atoms with Crippen molar-refractivity contribution in [3.63, 3.8) is 0 Å². The van der Waals surface area contributed by atoms with Crippen molar-refractivity contribution in [1.29, 1.82) is 0 Å². The van der Waals surface area contributed by atoms with E-state index < -0.39 is 35.8 Å². The Morgan fingerprint density at radius 3 is 2.71 bits per heavy atom. The maximum atomic E-state index is 12.2. The van der Waals surface area contributed by atoms with Gasteiger partial charge in [-0.1, -0.05) is 13.8 Å². The molecule has 8 heteroatoms. The SMILES string of the molecule is CCc1cn(C2OC(CC)C(O)C2OC(C)COC)c(=O)[nH]c1=O. The first-order chi connectivity index (χ1) is 11.4. The van der Waals surface area contributed by atoms with Gasteiger partial charge in [-0.05, 0) is 19.8 Å². The number of aryl methyl sites for hydroxylation is 1. The fourth-order valence-corrected chi connectivity index (χ4v) is 2.94. The highest BCUT2D eigenvalue weighted by Gasteiger charge is 2.45. The number of nitrogens with one attached hydrogen (secondary N) is 1. The first kappa shape index (κ1) is 18.9. The number of rotatable bonds is 7. The second-order valence-electron chi connectivity index (χ2n) is 6.01. The summed E-state index contributed by atoms with van der Waals surface area (Å²) < 4.78 is 18.1.